The first-order valence-corrected chi connectivity index (χ1v) is 12.0. The Bertz CT molecular complexity index is 1210. The lowest BCUT2D eigenvalue weighted by Crippen LogP contribution is -2.33. The van der Waals surface area contributed by atoms with Gasteiger partial charge in [0, 0.05) is 24.3 Å². The van der Waals surface area contributed by atoms with Crippen LogP contribution in [0.25, 0.3) is 11.3 Å². The minimum atomic E-state index is -4.53. The Balaban J connectivity index is 1.49. The molecule has 6 nitrogen and oxygen atoms in total. The third-order valence-electron chi connectivity index (χ3n) is 5.66. The maximum Gasteiger partial charge on any atom is 0.416 e. The molecule has 0 saturated carbocycles. The van der Waals surface area contributed by atoms with Gasteiger partial charge in [-0.15, -0.1) is 10.2 Å². The van der Waals surface area contributed by atoms with Crippen LogP contribution in [-0.4, -0.2) is 31.7 Å². The van der Waals surface area contributed by atoms with Crippen LogP contribution in [0, 0.1) is 5.92 Å². The Morgan fingerprint density at radius 1 is 0.970 bits per heavy atom. The van der Waals surface area contributed by atoms with Crippen molar-refractivity contribution in [3.8, 4) is 11.3 Å². The summed E-state index contributed by atoms with van der Waals surface area (Å²) in [5.74, 6) is 1.52. The van der Waals surface area contributed by atoms with Gasteiger partial charge in [0.15, 0.2) is 5.82 Å². The second-order valence-electron chi connectivity index (χ2n) is 8.15. The molecule has 0 spiro atoms. The average Bonchev–Trinajstić information content (AvgIpc) is 2.79. The normalized spacial score (nSPS) is 15.5. The van der Waals surface area contributed by atoms with Gasteiger partial charge in [-0.2, -0.15) is 13.2 Å². The predicted octanol–water partition coefficient (Wildman–Crippen LogP) is 5.20. The Kier molecular flexibility index (Phi) is 6.29. The molecule has 0 radical (unpaired) electrons. The van der Waals surface area contributed by atoms with Gasteiger partial charge in [-0.05, 0) is 67.3 Å². The van der Waals surface area contributed by atoms with Gasteiger partial charge in [-0.3, -0.25) is 4.72 Å². The topological polar surface area (TPSA) is 75.2 Å². The summed E-state index contributed by atoms with van der Waals surface area (Å²) in [6.07, 6.45) is -2.30. The molecule has 2 aromatic carbocycles. The van der Waals surface area contributed by atoms with Crippen LogP contribution in [0.2, 0.25) is 0 Å². The van der Waals surface area contributed by atoms with E-state index in [0.717, 1.165) is 56.0 Å². The molecule has 174 valence electrons. The van der Waals surface area contributed by atoms with E-state index in [-0.39, 0.29) is 10.6 Å². The standard InChI is InChI=1S/C23H23F3N4O2S/c1-16-11-13-30(14-12-16)22-10-9-21(27-28-22)17-3-2-4-19(15-17)29-33(31,32)20-7-5-18(6-8-20)23(24,25)26/h2-10,15-16,29H,11-14H2,1H3. The van der Waals surface area contributed by atoms with E-state index in [9.17, 15) is 21.6 Å². The Hall–Kier alpha value is -3.14. The minimum absolute atomic E-state index is 0.263. The number of aromatic nitrogens is 2. The highest BCUT2D eigenvalue weighted by molar-refractivity contribution is 7.92. The quantitative estimate of drug-likeness (QED) is 0.548. The molecule has 1 N–H and O–H groups in total. The van der Waals surface area contributed by atoms with Gasteiger partial charge in [-0.1, -0.05) is 19.1 Å². The van der Waals surface area contributed by atoms with Crippen molar-refractivity contribution in [2.45, 2.75) is 30.8 Å². The molecule has 0 bridgehead atoms. The summed E-state index contributed by atoms with van der Waals surface area (Å²) in [7, 11) is -4.06. The zero-order valence-electron chi connectivity index (χ0n) is 17.9. The number of benzene rings is 2. The maximum absolute atomic E-state index is 12.7. The zero-order valence-corrected chi connectivity index (χ0v) is 18.7. The molecule has 1 fully saturated rings. The zero-order chi connectivity index (χ0) is 23.6. The number of anilines is 2. The van der Waals surface area contributed by atoms with Crippen molar-refractivity contribution in [3.63, 3.8) is 0 Å². The molecular weight excluding hydrogens is 453 g/mol. The Morgan fingerprint density at radius 2 is 1.67 bits per heavy atom. The second-order valence-corrected chi connectivity index (χ2v) is 9.84. The number of hydrogen-bond donors (Lipinski definition) is 1. The fourth-order valence-electron chi connectivity index (χ4n) is 3.66. The van der Waals surface area contributed by atoms with Crippen molar-refractivity contribution >= 4 is 21.5 Å². The minimum Gasteiger partial charge on any atom is -0.355 e. The van der Waals surface area contributed by atoms with E-state index in [2.05, 4.69) is 26.7 Å². The molecular formula is C23H23F3N4O2S. The summed E-state index contributed by atoms with van der Waals surface area (Å²) in [5, 5.41) is 8.63. The summed E-state index contributed by atoms with van der Waals surface area (Å²) in [5.41, 5.74) is 0.599. The van der Waals surface area contributed by atoms with E-state index in [1.54, 1.807) is 24.3 Å². The van der Waals surface area contributed by atoms with E-state index < -0.39 is 21.8 Å². The first kappa shape index (κ1) is 23.0. The largest absolute Gasteiger partial charge is 0.416 e. The van der Waals surface area contributed by atoms with Gasteiger partial charge >= 0.3 is 6.18 Å². The highest BCUT2D eigenvalue weighted by atomic mass is 32.2. The number of halogens is 3. The first-order valence-electron chi connectivity index (χ1n) is 10.5. The van der Waals surface area contributed by atoms with Gasteiger partial charge in [0.1, 0.15) is 0 Å². The molecule has 1 aliphatic heterocycles. The molecule has 0 amide bonds. The van der Waals surface area contributed by atoms with Crippen LogP contribution in [0.3, 0.4) is 0 Å². The van der Waals surface area contributed by atoms with Gasteiger partial charge in [0.2, 0.25) is 0 Å². The number of hydrogen-bond acceptors (Lipinski definition) is 5. The fourth-order valence-corrected chi connectivity index (χ4v) is 4.71. The van der Waals surface area contributed by atoms with E-state index in [0.29, 0.717) is 17.2 Å². The van der Waals surface area contributed by atoms with Crippen LogP contribution >= 0.6 is 0 Å². The van der Waals surface area contributed by atoms with Crippen LogP contribution < -0.4 is 9.62 Å². The molecule has 0 atom stereocenters. The lowest BCUT2D eigenvalue weighted by Gasteiger charge is -2.30. The number of nitrogens with one attached hydrogen (secondary N) is 1. The smallest absolute Gasteiger partial charge is 0.355 e. The molecule has 1 saturated heterocycles. The van der Waals surface area contributed by atoms with Crippen molar-refractivity contribution in [3.05, 3.63) is 66.2 Å². The van der Waals surface area contributed by atoms with Crippen molar-refractivity contribution in [2.24, 2.45) is 5.92 Å². The van der Waals surface area contributed by atoms with Crippen molar-refractivity contribution < 1.29 is 21.6 Å². The number of alkyl halides is 3. The third kappa shape index (κ3) is 5.44. The molecule has 4 rings (SSSR count). The molecule has 1 aromatic heterocycles. The number of nitrogens with zero attached hydrogens (tertiary/aromatic N) is 3. The van der Waals surface area contributed by atoms with Crippen LogP contribution in [-0.2, 0) is 16.2 Å². The van der Waals surface area contributed by atoms with Crippen LogP contribution in [0.15, 0.2) is 65.6 Å². The number of piperidine rings is 1. The Labute approximate surface area is 190 Å². The van der Waals surface area contributed by atoms with Crippen molar-refractivity contribution in [2.75, 3.05) is 22.7 Å². The van der Waals surface area contributed by atoms with E-state index in [1.807, 2.05) is 12.1 Å². The lowest BCUT2D eigenvalue weighted by atomic mass is 9.99. The lowest BCUT2D eigenvalue weighted by molar-refractivity contribution is -0.137. The predicted molar refractivity (Wildman–Crippen MR) is 120 cm³/mol. The van der Waals surface area contributed by atoms with Gasteiger partial charge in [0.05, 0.1) is 16.2 Å². The van der Waals surface area contributed by atoms with E-state index in [4.69, 9.17) is 0 Å². The highest BCUT2D eigenvalue weighted by Gasteiger charge is 2.30. The second kappa shape index (κ2) is 9.01. The Morgan fingerprint density at radius 3 is 2.27 bits per heavy atom. The summed E-state index contributed by atoms with van der Waals surface area (Å²) >= 11 is 0. The maximum atomic E-state index is 12.7. The third-order valence-corrected chi connectivity index (χ3v) is 7.06. The highest BCUT2D eigenvalue weighted by Crippen LogP contribution is 2.30. The van der Waals surface area contributed by atoms with Crippen LogP contribution in [0.4, 0.5) is 24.7 Å². The van der Waals surface area contributed by atoms with Crippen LogP contribution in [0.1, 0.15) is 25.3 Å². The molecule has 2 heterocycles. The summed E-state index contributed by atoms with van der Waals surface area (Å²) < 4.78 is 65.9. The van der Waals surface area contributed by atoms with Crippen LogP contribution in [0.5, 0.6) is 0 Å². The summed E-state index contributed by atoms with van der Waals surface area (Å²) in [6.45, 7) is 4.12. The summed E-state index contributed by atoms with van der Waals surface area (Å²) in [6, 6.07) is 13.7. The molecule has 10 heteroatoms. The van der Waals surface area contributed by atoms with E-state index in [1.165, 1.54) is 0 Å². The summed E-state index contributed by atoms with van der Waals surface area (Å²) in [4.78, 5) is 1.94. The molecule has 1 aliphatic rings. The average molecular weight is 477 g/mol. The molecule has 0 aliphatic carbocycles. The number of rotatable bonds is 5. The van der Waals surface area contributed by atoms with Crippen molar-refractivity contribution in [1.82, 2.24) is 10.2 Å². The monoisotopic (exact) mass is 476 g/mol. The molecule has 33 heavy (non-hydrogen) atoms. The molecule has 3 aromatic rings. The SMILES string of the molecule is CC1CCN(c2ccc(-c3cccc(NS(=O)(=O)c4ccc(C(F)(F)F)cc4)c3)nn2)CC1. The first-order chi connectivity index (χ1) is 15.6. The molecule has 0 unspecified atom stereocenters. The van der Waals surface area contributed by atoms with Gasteiger partial charge < -0.3 is 4.90 Å². The van der Waals surface area contributed by atoms with Gasteiger partial charge in [-0.25, -0.2) is 8.42 Å². The van der Waals surface area contributed by atoms with Crippen molar-refractivity contribution in [1.29, 1.82) is 0 Å². The number of sulfonamides is 1. The fraction of sp³-hybridized carbons (Fsp3) is 0.304. The van der Waals surface area contributed by atoms with Gasteiger partial charge in [0.25, 0.3) is 10.0 Å². The van der Waals surface area contributed by atoms with E-state index >= 15 is 0 Å².